The summed E-state index contributed by atoms with van der Waals surface area (Å²) in [5.74, 6) is 0. The summed E-state index contributed by atoms with van der Waals surface area (Å²) in [5.41, 5.74) is 0.294. The Morgan fingerprint density at radius 1 is 1.38 bits per heavy atom. The summed E-state index contributed by atoms with van der Waals surface area (Å²) in [6.07, 6.45) is 0. The van der Waals surface area contributed by atoms with Gasteiger partial charge < -0.3 is 0 Å². The monoisotopic (exact) mass is 127 g/mol. The van der Waals surface area contributed by atoms with E-state index < -0.39 is 8.07 Å². The van der Waals surface area contributed by atoms with E-state index in [0.717, 1.165) is 0 Å². The van der Waals surface area contributed by atoms with Crippen LogP contribution in [0.5, 0.6) is 0 Å². The molecule has 0 spiro atoms. The second kappa shape index (κ2) is 2.32. The van der Waals surface area contributed by atoms with Gasteiger partial charge in [0.25, 0.3) is 0 Å². The molecule has 0 aromatic heterocycles. The second-order valence-electron chi connectivity index (χ2n) is 3.22. The molecule has 0 aliphatic carbocycles. The van der Waals surface area contributed by atoms with E-state index in [4.69, 9.17) is 5.26 Å². The van der Waals surface area contributed by atoms with E-state index in [0.29, 0.717) is 5.54 Å². The molecule has 0 radical (unpaired) electrons. The van der Waals surface area contributed by atoms with E-state index in [2.05, 4.69) is 25.7 Å². The lowest BCUT2D eigenvalue weighted by Gasteiger charge is -2.17. The van der Waals surface area contributed by atoms with Crippen LogP contribution in [-0.4, -0.2) is 8.07 Å². The SMILES string of the molecule is C[C@@H](C#N)[Si](C)(C)C. The quantitative estimate of drug-likeness (QED) is 0.495. The zero-order chi connectivity index (χ0) is 6.78. The first-order chi connectivity index (χ1) is 3.48. The summed E-state index contributed by atoms with van der Waals surface area (Å²) >= 11 is 0. The van der Waals surface area contributed by atoms with Crippen LogP contribution in [0.3, 0.4) is 0 Å². The third-order valence-electron chi connectivity index (χ3n) is 1.49. The molecule has 2 heteroatoms. The maximum absolute atomic E-state index is 8.46. The van der Waals surface area contributed by atoms with E-state index in [-0.39, 0.29) is 0 Å². The van der Waals surface area contributed by atoms with Gasteiger partial charge in [-0.25, -0.2) is 0 Å². The van der Waals surface area contributed by atoms with Crippen molar-refractivity contribution in [1.29, 1.82) is 5.26 Å². The average molecular weight is 127 g/mol. The zero-order valence-electron chi connectivity index (χ0n) is 6.02. The van der Waals surface area contributed by atoms with Crippen LogP contribution in [0.1, 0.15) is 6.92 Å². The summed E-state index contributed by atoms with van der Waals surface area (Å²) in [7, 11) is -1.12. The molecule has 46 valence electrons. The molecule has 0 saturated carbocycles. The van der Waals surface area contributed by atoms with Crippen LogP contribution in [0.25, 0.3) is 0 Å². The largest absolute Gasteiger partial charge is 0.198 e. The Bertz CT molecular complexity index is 107. The van der Waals surface area contributed by atoms with Crippen LogP contribution in [-0.2, 0) is 0 Å². The number of nitriles is 1. The van der Waals surface area contributed by atoms with E-state index in [1.807, 2.05) is 6.92 Å². The minimum Gasteiger partial charge on any atom is -0.198 e. The van der Waals surface area contributed by atoms with Crippen molar-refractivity contribution >= 4 is 8.07 Å². The highest BCUT2D eigenvalue weighted by atomic mass is 28.3. The Morgan fingerprint density at radius 2 is 1.75 bits per heavy atom. The topological polar surface area (TPSA) is 23.8 Å². The lowest BCUT2D eigenvalue weighted by Crippen LogP contribution is -2.24. The highest BCUT2D eigenvalue weighted by Crippen LogP contribution is 2.18. The molecule has 0 fully saturated rings. The molecule has 0 aromatic rings. The summed E-state index contributed by atoms with van der Waals surface area (Å²) in [5, 5.41) is 8.46. The Hall–Kier alpha value is -0.293. The molecule has 0 aromatic carbocycles. The van der Waals surface area contributed by atoms with Gasteiger partial charge >= 0.3 is 0 Å². The smallest absolute Gasteiger partial charge is 0.0636 e. The third kappa shape index (κ3) is 2.13. The van der Waals surface area contributed by atoms with Crippen LogP contribution in [0.4, 0.5) is 0 Å². The van der Waals surface area contributed by atoms with E-state index in [1.165, 1.54) is 0 Å². The molecular formula is C6H13NSi. The molecule has 0 aliphatic rings. The summed E-state index contributed by atoms with van der Waals surface area (Å²) in [4.78, 5) is 0. The van der Waals surface area contributed by atoms with Crippen LogP contribution in [0.15, 0.2) is 0 Å². The van der Waals surface area contributed by atoms with Gasteiger partial charge in [-0.2, -0.15) is 5.26 Å². The summed E-state index contributed by atoms with van der Waals surface area (Å²) in [6, 6.07) is 2.27. The van der Waals surface area contributed by atoms with Crippen molar-refractivity contribution in [3.05, 3.63) is 0 Å². The van der Waals surface area contributed by atoms with Gasteiger partial charge in [-0.15, -0.1) is 0 Å². The lowest BCUT2D eigenvalue weighted by atomic mass is 10.5. The highest BCUT2D eigenvalue weighted by molar-refractivity contribution is 6.78. The second-order valence-corrected chi connectivity index (χ2v) is 8.81. The molecule has 0 unspecified atom stereocenters. The van der Waals surface area contributed by atoms with Crippen molar-refractivity contribution in [2.45, 2.75) is 32.1 Å². The van der Waals surface area contributed by atoms with Gasteiger partial charge in [0.2, 0.25) is 0 Å². The first-order valence-corrected chi connectivity index (χ1v) is 6.46. The molecule has 1 nitrogen and oxygen atoms in total. The van der Waals surface area contributed by atoms with Crippen molar-refractivity contribution in [3.63, 3.8) is 0 Å². The molecule has 0 rings (SSSR count). The molecule has 0 heterocycles. The maximum atomic E-state index is 8.46. The van der Waals surface area contributed by atoms with Gasteiger partial charge in [0, 0.05) is 5.54 Å². The van der Waals surface area contributed by atoms with Crippen LogP contribution in [0.2, 0.25) is 25.2 Å². The molecule has 0 bridgehead atoms. The van der Waals surface area contributed by atoms with Gasteiger partial charge in [0.15, 0.2) is 0 Å². The highest BCUT2D eigenvalue weighted by Gasteiger charge is 2.21. The summed E-state index contributed by atoms with van der Waals surface area (Å²) in [6.45, 7) is 8.63. The fourth-order valence-corrected chi connectivity index (χ4v) is 0.581. The van der Waals surface area contributed by atoms with Crippen LogP contribution < -0.4 is 0 Å². The average Bonchev–Trinajstić information content (AvgIpc) is 1.62. The van der Waals surface area contributed by atoms with Crippen LogP contribution in [0, 0.1) is 11.3 Å². The molecule has 0 aliphatic heterocycles. The van der Waals surface area contributed by atoms with E-state index in [1.54, 1.807) is 0 Å². The standard InChI is InChI=1S/C6H13NSi/c1-6(5-7)8(2,3)4/h6H,1-4H3/t6-/m0/s1. The fraction of sp³-hybridized carbons (Fsp3) is 0.833. The molecule has 8 heavy (non-hydrogen) atoms. The Labute approximate surface area is 52.3 Å². The van der Waals surface area contributed by atoms with Crippen molar-refractivity contribution in [2.24, 2.45) is 0 Å². The van der Waals surface area contributed by atoms with E-state index in [9.17, 15) is 0 Å². The molecule has 0 amide bonds. The van der Waals surface area contributed by atoms with Gasteiger partial charge in [-0.1, -0.05) is 26.6 Å². The predicted molar refractivity (Wildman–Crippen MR) is 38.4 cm³/mol. The Morgan fingerprint density at radius 3 is 1.75 bits per heavy atom. The lowest BCUT2D eigenvalue weighted by molar-refractivity contribution is 1.14. The van der Waals surface area contributed by atoms with Gasteiger partial charge in [-0.3, -0.25) is 0 Å². The Kier molecular flexibility index (Phi) is 2.23. The minimum atomic E-state index is -1.12. The first-order valence-electron chi connectivity index (χ1n) is 2.88. The van der Waals surface area contributed by atoms with Crippen molar-refractivity contribution in [3.8, 4) is 6.07 Å². The number of hydrogen-bond donors (Lipinski definition) is 0. The fourth-order valence-electron chi connectivity index (χ4n) is 0.194. The number of rotatable bonds is 1. The Balaban J connectivity index is 3.87. The van der Waals surface area contributed by atoms with Gasteiger partial charge in [-0.05, 0) is 0 Å². The van der Waals surface area contributed by atoms with Crippen molar-refractivity contribution in [1.82, 2.24) is 0 Å². The van der Waals surface area contributed by atoms with Crippen molar-refractivity contribution in [2.75, 3.05) is 0 Å². The van der Waals surface area contributed by atoms with E-state index >= 15 is 0 Å². The normalized spacial score (nSPS) is 14.9. The maximum Gasteiger partial charge on any atom is 0.0636 e. The zero-order valence-corrected chi connectivity index (χ0v) is 7.02. The first kappa shape index (κ1) is 7.71. The molecule has 0 N–H and O–H groups in total. The van der Waals surface area contributed by atoms with Gasteiger partial charge in [0.1, 0.15) is 0 Å². The number of nitrogens with zero attached hydrogens (tertiary/aromatic N) is 1. The summed E-state index contributed by atoms with van der Waals surface area (Å²) < 4.78 is 0. The van der Waals surface area contributed by atoms with Gasteiger partial charge in [0.05, 0.1) is 14.1 Å². The van der Waals surface area contributed by atoms with Crippen LogP contribution >= 0.6 is 0 Å². The molecular weight excluding hydrogens is 114 g/mol. The number of hydrogen-bond acceptors (Lipinski definition) is 1. The third-order valence-corrected chi connectivity index (χ3v) is 4.22. The predicted octanol–water partition coefficient (Wildman–Crippen LogP) is 2.24. The molecule has 1 atom stereocenters. The minimum absolute atomic E-state index is 0.294. The van der Waals surface area contributed by atoms with Crippen molar-refractivity contribution < 1.29 is 0 Å². The molecule has 0 saturated heterocycles.